The number of rotatable bonds is 2. The van der Waals surface area contributed by atoms with E-state index in [1.54, 1.807) is 23.5 Å². The van der Waals surface area contributed by atoms with E-state index in [9.17, 15) is 4.79 Å². The minimum Gasteiger partial charge on any atom is -0.306 e. The van der Waals surface area contributed by atoms with Gasteiger partial charge in [-0.3, -0.25) is 9.78 Å². The zero-order valence-electron chi connectivity index (χ0n) is 11.0. The molecule has 0 unspecified atom stereocenters. The van der Waals surface area contributed by atoms with Crippen LogP contribution in [0.1, 0.15) is 40.6 Å². The molecule has 0 bridgehead atoms. The molecule has 20 heavy (non-hydrogen) atoms. The first-order valence-corrected chi connectivity index (χ1v) is 6.90. The smallest absolute Gasteiger partial charge is 0.261 e. The molecule has 2 aromatic rings. The van der Waals surface area contributed by atoms with Crippen molar-refractivity contribution in [2.45, 2.75) is 25.2 Å². The molecule has 3 heterocycles. The van der Waals surface area contributed by atoms with Crippen molar-refractivity contribution < 1.29 is 4.79 Å². The molecule has 0 radical (unpaired) electrons. The van der Waals surface area contributed by atoms with Crippen molar-refractivity contribution in [3.8, 4) is 0 Å². The minimum atomic E-state index is -0.0425. The first-order valence-electron chi connectivity index (χ1n) is 6.90. The predicted molar refractivity (Wildman–Crippen MR) is 73.6 cm³/mol. The van der Waals surface area contributed by atoms with E-state index in [1.165, 1.54) is 12.8 Å². The quantitative estimate of drug-likeness (QED) is 0.833. The molecule has 1 fully saturated rings. The van der Waals surface area contributed by atoms with E-state index in [0.717, 1.165) is 23.6 Å². The maximum absolute atomic E-state index is 12.5. The van der Waals surface area contributed by atoms with E-state index in [1.807, 2.05) is 12.1 Å². The number of hydrogen-bond donors (Lipinski definition) is 0. The van der Waals surface area contributed by atoms with Gasteiger partial charge in [0.1, 0.15) is 5.82 Å². The Hall–Kier alpha value is -2.30. The number of aromatic nitrogens is 3. The topological polar surface area (TPSA) is 59.0 Å². The molecule has 5 heteroatoms. The van der Waals surface area contributed by atoms with Crippen LogP contribution in [0.25, 0.3) is 0 Å². The number of amides is 1. The number of anilines is 1. The van der Waals surface area contributed by atoms with Crippen LogP contribution in [0.15, 0.2) is 30.7 Å². The Bertz CT molecular complexity index is 664. The summed E-state index contributed by atoms with van der Waals surface area (Å²) >= 11 is 0. The van der Waals surface area contributed by atoms with E-state index >= 15 is 0 Å². The maximum Gasteiger partial charge on any atom is 0.261 e. The summed E-state index contributed by atoms with van der Waals surface area (Å²) in [6, 6.07) is 3.80. The molecule has 1 saturated carbocycles. The van der Waals surface area contributed by atoms with Gasteiger partial charge < -0.3 is 4.90 Å². The van der Waals surface area contributed by atoms with Crippen LogP contribution in [0.4, 0.5) is 5.69 Å². The normalized spacial score (nSPS) is 17.1. The standard InChI is InChI=1S/C15H14N4O/c20-15(11-8-17-14(18-9-11)10-3-4-10)19-7-5-12-13(19)2-1-6-16-12/h1-2,6,8-10H,3-5,7H2. The molecule has 2 aromatic heterocycles. The summed E-state index contributed by atoms with van der Waals surface area (Å²) in [6.45, 7) is 0.676. The molecule has 1 aliphatic carbocycles. The lowest BCUT2D eigenvalue weighted by Crippen LogP contribution is -2.29. The second kappa shape index (κ2) is 4.37. The monoisotopic (exact) mass is 266 g/mol. The average molecular weight is 266 g/mol. The molecule has 0 saturated heterocycles. The highest BCUT2D eigenvalue weighted by molar-refractivity contribution is 6.06. The van der Waals surface area contributed by atoms with Crippen LogP contribution >= 0.6 is 0 Å². The van der Waals surface area contributed by atoms with Crippen LogP contribution in [0.3, 0.4) is 0 Å². The Morgan fingerprint density at radius 3 is 2.75 bits per heavy atom. The summed E-state index contributed by atoms with van der Waals surface area (Å²) in [5, 5.41) is 0. The fourth-order valence-electron chi connectivity index (χ4n) is 2.57. The van der Waals surface area contributed by atoms with Crippen molar-refractivity contribution in [2.75, 3.05) is 11.4 Å². The third kappa shape index (κ3) is 1.86. The maximum atomic E-state index is 12.5. The van der Waals surface area contributed by atoms with Crippen LogP contribution < -0.4 is 4.90 Å². The molecular formula is C15H14N4O. The van der Waals surface area contributed by atoms with Gasteiger partial charge in [0.25, 0.3) is 5.91 Å². The van der Waals surface area contributed by atoms with Gasteiger partial charge in [-0.05, 0) is 25.0 Å². The van der Waals surface area contributed by atoms with E-state index in [-0.39, 0.29) is 5.91 Å². The van der Waals surface area contributed by atoms with Crippen LogP contribution in [0.5, 0.6) is 0 Å². The van der Waals surface area contributed by atoms with Crippen molar-refractivity contribution in [2.24, 2.45) is 0 Å². The van der Waals surface area contributed by atoms with Crippen LogP contribution in [-0.4, -0.2) is 27.4 Å². The van der Waals surface area contributed by atoms with E-state index in [0.29, 0.717) is 18.0 Å². The van der Waals surface area contributed by atoms with Crippen LogP contribution in [0, 0.1) is 0 Å². The SMILES string of the molecule is O=C(c1cnc(C2CC2)nc1)N1CCc2ncccc21. The van der Waals surface area contributed by atoms with E-state index < -0.39 is 0 Å². The molecule has 0 spiro atoms. The van der Waals surface area contributed by atoms with Gasteiger partial charge in [-0.2, -0.15) is 0 Å². The summed E-state index contributed by atoms with van der Waals surface area (Å²) in [5.41, 5.74) is 2.44. The highest BCUT2D eigenvalue weighted by Gasteiger charge is 2.28. The zero-order chi connectivity index (χ0) is 13.5. The van der Waals surface area contributed by atoms with Gasteiger partial charge in [-0.15, -0.1) is 0 Å². The van der Waals surface area contributed by atoms with Gasteiger partial charge in [0.2, 0.25) is 0 Å². The number of hydrogen-bond acceptors (Lipinski definition) is 4. The summed E-state index contributed by atoms with van der Waals surface area (Å²) in [4.78, 5) is 27.2. The van der Waals surface area contributed by atoms with Gasteiger partial charge in [0, 0.05) is 37.5 Å². The Morgan fingerprint density at radius 2 is 2.00 bits per heavy atom. The summed E-state index contributed by atoms with van der Waals surface area (Å²) < 4.78 is 0. The van der Waals surface area contributed by atoms with Crippen LogP contribution in [-0.2, 0) is 6.42 Å². The molecule has 4 rings (SSSR count). The van der Waals surface area contributed by atoms with Crippen molar-refractivity contribution in [3.63, 3.8) is 0 Å². The second-order valence-corrected chi connectivity index (χ2v) is 5.28. The first kappa shape index (κ1) is 11.5. The lowest BCUT2D eigenvalue weighted by atomic mass is 10.2. The molecule has 0 aromatic carbocycles. The van der Waals surface area contributed by atoms with Gasteiger partial charge in [-0.25, -0.2) is 9.97 Å². The molecule has 0 atom stereocenters. The lowest BCUT2D eigenvalue weighted by Gasteiger charge is -2.16. The third-order valence-electron chi connectivity index (χ3n) is 3.84. The van der Waals surface area contributed by atoms with Crippen molar-refractivity contribution in [1.82, 2.24) is 15.0 Å². The third-order valence-corrected chi connectivity index (χ3v) is 3.84. The Kier molecular flexibility index (Phi) is 2.52. The molecular weight excluding hydrogens is 252 g/mol. The number of pyridine rings is 1. The Morgan fingerprint density at radius 1 is 1.20 bits per heavy atom. The van der Waals surface area contributed by atoms with Gasteiger partial charge in [0.05, 0.1) is 16.9 Å². The number of nitrogens with zero attached hydrogens (tertiary/aromatic N) is 4. The number of fused-ring (bicyclic) bond motifs is 1. The average Bonchev–Trinajstić information content (AvgIpc) is 3.26. The number of carbonyl (C=O) groups excluding carboxylic acids is 1. The predicted octanol–water partition coefficient (Wildman–Crippen LogP) is 1.95. The Labute approximate surface area is 116 Å². The van der Waals surface area contributed by atoms with Gasteiger partial charge in [-0.1, -0.05) is 0 Å². The molecule has 5 nitrogen and oxygen atoms in total. The highest BCUT2D eigenvalue weighted by atomic mass is 16.2. The Balaban J connectivity index is 1.61. The van der Waals surface area contributed by atoms with Crippen molar-refractivity contribution in [1.29, 1.82) is 0 Å². The van der Waals surface area contributed by atoms with E-state index in [2.05, 4.69) is 15.0 Å². The highest BCUT2D eigenvalue weighted by Crippen LogP contribution is 2.37. The fourth-order valence-corrected chi connectivity index (χ4v) is 2.57. The fraction of sp³-hybridized carbons (Fsp3) is 0.333. The molecule has 2 aliphatic rings. The lowest BCUT2D eigenvalue weighted by molar-refractivity contribution is 0.0988. The van der Waals surface area contributed by atoms with Gasteiger partial charge in [0.15, 0.2) is 0 Å². The van der Waals surface area contributed by atoms with E-state index in [4.69, 9.17) is 0 Å². The summed E-state index contributed by atoms with van der Waals surface area (Å²) in [7, 11) is 0. The van der Waals surface area contributed by atoms with Gasteiger partial charge >= 0.3 is 0 Å². The zero-order valence-corrected chi connectivity index (χ0v) is 11.0. The first-order chi connectivity index (χ1) is 9.83. The molecule has 0 N–H and O–H groups in total. The van der Waals surface area contributed by atoms with Crippen LogP contribution in [0.2, 0.25) is 0 Å². The second-order valence-electron chi connectivity index (χ2n) is 5.28. The molecule has 100 valence electrons. The molecule has 1 amide bonds. The minimum absolute atomic E-state index is 0.0425. The number of carbonyl (C=O) groups is 1. The summed E-state index contributed by atoms with van der Waals surface area (Å²) in [5.74, 6) is 1.33. The summed E-state index contributed by atoms with van der Waals surface area (Å²) in [6.07, 6.45) is 8.20. The molecule has 1 aliphatic heterocycles. The van der Waals surface area contributed by atoms with Crippen molar-refractivity contribution in [3.05, 3.63) is 47.8 Å². The largest absolute Gasteiger partial charge is 0.306 e. The van der Waals surface area contributed by atoms with Crippen molar-refractivity contribution >= 4 is 11.6 Å².